The molecule has 5 aliphatic heterocycles. The van der Waals surface area contributed by atoms with Crippen LogP contribution in [0.4, 0.5) is 0 Å². The molecule has 1 radical (unpaired) electrons. The zero-order chi connectivity index (χ0) is 32.9. The minimum absolute atomic E-state index is 0. The van der Waals surface area contributed by atoms with Crippen LogP contribution in [0.5, 0.6) is 0 Å². The minimum atomic E-state index is -5.12. The minimum Gasteiger partial charge on any atom is -0.748 e. The molecule has 9 aliphatic rings. The van der Waals surface area contributed by atoms with Gasteiger partial charge in [0, 0.05) is 5.92 Å². The second-order valence-corrected chi connectivity index (χ2v) is 19.8. The number of fused-ring (bicyclic) bond motifs is 20. The average Bonchev–Trinajstić information content (AvgIpc) is 3.79. The van der Waals surface area contributed by atoms with Crippen molar-refractivity contribution in [1.29, 1.82) is 0 Å². The van der Waals surface area contributed by atoms with Crippen LogP contribution in [-0.2, 0) is 37.3 Å². The molecule has 0 aromatic carbocycles. The molecule has 8 bridgehead atoms. The molecule has 281 valence electrons. The SMILES string of the molecule is O=S(=O)([O-])C1CCC2C3NC4NC(NC5[N-]C(NC6NC(NC(N3)C2C1S(=O)(=O)[O-])C1CCCCC61)C1CCCCC51)C1CCCCC41.[Cu+2].[Na+]. The predicted molar refractivity (Wildman–Crippen MR) is 175 cm³/mol. The fraction of sp³-hybridized carbons (Fsp3) is 1.00. The van der Waals surface area contributed by atoms with Gasteiger partial charge in [-0.05, 0) is 80.0 Å². The Morgan fingerprint density at radius 2 is 0.800 bits per heavy atom. The van der Waals surface area contributed by atoms with Crippen molar-refractivity contribution in [1.82, 2.24) is 37.2 Å². The van der Waals surface area contributed by atoms with Crippen LogP contribution in [0, 0.1) is 47.3 Å². The van der Waals surface area contributed by atoms with E-state index in [1.807, 2.05) is 0 Å². The van der Waals surface area contributed by atoms with Crippen molar-refractivity contribution in [3.8, 4) is 0 Å². The van der Waals surface area contributed by atoms with Crippen molar-refractivity contribution >= 4 is 20.2 Å². The number of nitrogens with zero attached hydrogens (tertiary/aromatic N) is 1. The Balaban J connectivity index is 0.00000196. The van der Waals surface area contributed by atoms with Gasteiger partial charge >= 0.3 is 46.6 Å². The van der Waals surface area contributed by atoms with E-state index in [0.29, 0.717) is 36.0 Å². The van der Waals surface area contributed by atoms with Gasteiger partial charge in [0.05, 0.1) is 67.7 Å². The average molecular weight is 796 g/mol. The Labute approximate surface area is 330 Å². The molecule has 5 heterocycles. The molecular weight excluding hydrogens is 743 g/mol. The topological polar surface area (TPSA) is 213 Å². The van der Waals surface area contributed by atoms with E-state index in [1.54, 1.807) is 0 Å². The second-order valence-electron chi connectivity index (χ2n) is 16.7. The Hall–Kier alpha value is 1.02. The molecule has 50 heavy (non-hydrogen) atoms. The first-order valence-corrected chi connectivity index (χ1v) is 21.9. The van der Waals surface area contributed by atoms with Crippen LogP contribution >= 0.6 is 0 Å². The molecule has 18 atom stereocenters. The maximum atomic E-state index is 13.0. The summed E-state index contributed by atoms with van der Waals surface area (Å²) < 4.78 is 76.3. The number of hydrogen-bond acceptors (Lipinski definition) is 13. The smallest absolute Gasteiger partial charge is 0.748 e. The van der Waals surface area contributed by atoms with Crippen molar-refractivity contribution in [2.75, 3.05) is 0 Å². The van der Waals surface area contributed by atoms with E-state index in [1.165, 1.54) is 32.1 Å². The molecule has 9 rings (SSSR count). The largest absolute Gasteiger partial charge is 2.00 e. The Morgan fingerprint density at radius 1 is 0.440 bits per heavy atom. The van der Waals surface area contributed by atoms with Crippen molar-refractivity contribution in [3.05, 3.63) is 5.32 Å². The second kappa shape index (κ2) is 15.2. The zero-order valence-corrected chi connectivity index (χ0v) is 33.4. The Kier molecular flexibility index (Phi) is 11.9. The van der Waals surface area contributed by atoms with Gasteiger partial charge in [-0.15, -0.1) is 0 Å². The van der Waals surface area contributed by atoms with Gasteiger partial charge < -0.3 is 25.1 Å². The number of nitrogens with one attached hydrogen (secondary N) is 7. The molecule has 18 heteroatoms. The van der Waals surface area contributed by atoms with Crippen LogP contribution in [0.1, 0.15) is 89.9 Å². The van der Waals surface area contributed by atoms with E-state index < -0.39 is 42.8 Å². The van der Waals surface area contributed by atoms with Gasteiger partial charge in [0.15, 0.2) is 0 Å². The fourth-order valence-corrected chi connectivity index (χ4v) is 15.5. The molecule has 0 spiro atoms. The third-order valence-electron chi connectivity index (χ3n) is 14.5. The summed E-state index contributed by atoms with van der Waals surface area (Å²) in [5.41, 5.74) is 0. The molecule has 4 aliphatic carbocycles. The standard InChI is InChI=1S/C32H55N8O6S2.Cu.Na/c41-47(42,43)22-14-13-21-23(24(22)48(44,45)46)32-39-30-20-12-6-5-11-19(20)28(37-30)35-26-16-8-2-1-7-15(16)25(33-26)34-27-17-9-3-4-10-18(17)29(36-27)38-31(21)40-32;;/h15-32,34-40H,1-14H2,(H,41,42,43)(H,44,45,46);;/q-1;+2;+1/p-2. The van der Waals surface area contributed by atoms with E-state index in [2.05, 4.69) is 37.2 Å². The molecule has 7 N–H and O–H groups in total. The molecule has 5 saturated heterocycles. The fourth-order valence-electron chi connectivity index (χ4n) is 12.5. The maximum absolute atomic E-state index is 13.0. The molecule has 4 saturated carbocycles. The third kappa shape index (κ3) is 7.01. The molecule has 0 amide bonds. The van der Waals surface area contributed by atoms with Crippen LogP contribution < -0.4 is 66.8 Å². The summed E-state index contributed by atoms with van der Waals surface area (Å²) >= 11 is 0. The van der Waals surface area contributed by atoms with Gasteiger partial charge in [-0.3, -0.25) is 26.6 Å². The monoisotopic (exact) mass is 795 g/mol. The van der Waals surface area contributed by atoms with Crippen LogP contribution in [-0.4, -0.2) is 85.8 Å². The van der Waals surface area contributed by atoms with Gasteiger partial charge in [0.25, 0.3) is 0 Å². The normalized spacial score (nSPS) is 51.6. The van der Waals surface area contributed by atoms with E-state index in [0.717, 1.165) is 44.9 Å². The predicted octanol–water partition coefficient (Wildman–Crippen LogP) is -2.56. The number of rotatable bonds is 2. The first kappa shape index (κ1) is 39.3. The van der Waals surface area contributed by atoms with E-state index in [9.17, 15) is 25.9 Å². The summed E-state index contributed by atoms with van der Waals surface area (Å²) in [4.78, 5) is 0. The summed E-state index contributed by atoms with van der Waals surface area (Å²) in [5.74, 6) is 1.23. The maximum Gasteiger partial charge on any atom is 2.00 e. The molecule has 0 aromatic heterocycles. The van der Waals surface area contributed by atoms with Crippen LogP contribution in [0.25, 0.3) is 5.32 Å². The Morgan fingerprint density at radius 3 is 1.20 bits per heavy atom. The number of hydrogen-bond donors (Lipinski definition) is 7. The van der Waals surface area contributed by atoms with Gasteiger partial charge in [0.1, 0.15) is 0 Å². The summed E-state index contributed by atoms with van der Waals surface area (Å²) in [6, 6.07) is 0. The van der Waals surface area contributed by atoms with Crippen LogP contribution in [0.15, 0.2) is 0 Å². The quantitative estimate of drug-likeness (QED) is 0.113. The van der Waals surface area contributed by atoms with Crippen molar-refractivity contribution in [3.63, 3.8) is 0 Å². The first-order chi connectivity index (χ1) is 23.0. The van der Waals surface area contributed by atoms with Crippen LogP contribution in [0.2, 0.25) is 0 Å². The van der Waals surface area contributed by atoms with Gasteiger partial charge in [0.2, 0.25) is 0 Å². The molecule has 18 unspecified atom stereocenters. The van der Waals surface area contributed by atoms with Crippen molar-refractivity contribution in [2.24, 2.45) is 47.3 Å². The van der Waals surface area contributed by atoms with Gasteiger partial charge in [-0.1, -0.05) is 63.7 Å². The van der Waals surface area contributed by atoms with Crippen molar-refractivity contribution < 1.29 is 72.6 Å². The zero-order valence-electron chi connectivity index (χ0n) is 28.8. The van der Waals surface area contributed by atoms with Crippen LogP contribution in [0.3, 0.4) is 0 Å². The summed E-state index contributed by atoms with van der Waals surface area (Å²) in [6.45, 7) is 0. The molecule has 14 nitrogen and oxygen atoms in total. The Bertz CT molecular complexity index is 1450. The molecular formula is C32H53CuN8NaO6S2. The van der Waals surface area contributed by atoms with Gasteiger partial charge in [-0.2, -0.15) is 0 Å². The summed E-state index contributed by atoms with van der Waals surface area (Å²) in [6.07, 6.45) is 13.0. The molecule has 9 fully saturated rings. The van der Waals surface area contributed by atoms with E-state index in [4.69, 9.17) is 5.32 Å². The summed E-state index contributed by atoms with van der Waals surface area (Å²) in [5, 5.41) is 29.0. The molecule has 0 aromatic rings. The first-order valence-electron chi connectivity index (χ1n) is 19.0. The van der Waals surface area contributed by atoms with Gasteiger partial charge in [-0.25, -0.2) is 16.8 Å². The van der Waals surface area contributed by atoms with E-state index in [-0.39, 0.29) is 108 Å². The summed E-state index contributed by atoms with van der Waals surface area (Å²) in [7, 11) is -10.1. The van der Waals surface area contributed by atoms with E-state index >= 15 is 0 Å². The third-order valence-corrected chi connectivity index (χ3v) is 17.3. The van der Waals surface area contributed by atoms with Crippen molar-refractivity contribution in [2.45, 2.75) is 150 Å².